The molecule has 0 saturated carbocycles. The van der Waals surface area contributed by atoms with E-state index in [0.29, 0.717) is 11.3 Å². The van der Waals surface area contributed by atoms with Gasteiger partial charge in [0.05, 0.1) is 15.4 Å². The third-order valence-corrected chi connectivity index (χ3v) is 4.24. The molecule has 7 heteroatoms. The number of aryl methyl sites for hydroxylation is 1. The van der Waals surface area contributed by atoms with E-state index in [9.17, 15) is 19.5 Å². The molecule has 0 unspecified atom stereocenters. The van der Waals surface area contributed by atoms with E-state index in [2.05, 4.69) is 0 Å². The number of aliphatic carboxylic acids is 1. The number of rotatable bonds is 9. The first-order valence-electron chi connectivity index (χ1n) is 11.5. The van der Waals surface area contributed by atoms with Gasteiger partial charge in [0.2, 0.25) is 5.91 Å². The maximum absolute atomic E-state index is 13.2. The predicted molar refractivity (Wildman–Crippen MR) is 100 cm³/mol. The normalized spacial score (nSPS) is 25.6. The molecule has 2 N–H and O–H groups in total. The van der Waals surface area contributed by atoms with Gasteiger partial charge in [-0.1, -0.05) is 30.3 Å². The number of amides is 1. The second kappa shape index (κ2) is 10.1. The van der Waals surface area contributed by atoms with Crippen molar-refractivity contribution < 1.29 is 31.1 Å². The minimum absolute atomic E-state index is 0.0143. The zero-order valence-corrected chi connectivity index (χ0v) is 15.3. The Balaban J connectivity index is 2.38. The van der Waals surface area contributed by atoms with Crippen LogP contribution in [-0.4, -0.2) is 59.1 Å². The van der Waals surface area contributed by atoms with Crippen LogP contribution in [0.5, 0.6) is 0 Å². The van der Waals surface area contributed by atoms with Crippen LogP contribution in [0.1, 0.15) is 44.1 Å². The van der Waals surface area contributed by atoms with Gasteiger partial charge < -0.3 is 14.7 Å². The molecule has 1 aliphatic heterocycles. The molecule has 27 heavy (non-hydrogen) atoms. The molecule has 148 valence electrons. The largest absolute Gasteiger partial charge is 0.480 e. The van der Waals surface area contributed by atoms with Crippen molar-refractivity contribution in [3.8, 4) is 0 Å². The van der Waals surface area contributed by atoms with Gasteiger partial charge >= 0.3 is 11.9 Å². The summed E-state index contributed by atoms with van der Waals surface area (Å²) in [6, 6.07) is 2.25. The van der Waals surface area contributed by atoms with E-state index in [-0.39, 0.29) is 37.7 Å². The van der Waals surface area contributed by atoms with Crippen LogP contribution in [0.2, 0.25) is 1.41 Å². The number of hydrogen-bond donors (Lipinski definition) is 2. The lowest BCUT2D eigenvalue weighted by Gasteiger charge is -2.27. The summed E-state index contributed by atoms with van der Waals surface area (Å²) in [4.78, 5) is 38.1. The zero-order chi connectivity index (χ0) is 24.1. The second-order valence-electron chi connectivity index (χ2n) is 6.12. The van der Waals surface area contributed by atoms with Crippen LogP contribution in [0.4, 0.5) is 0 Å². The van der Waals surface area contributed by atoms with Gasteiger partial charge in [0.25, 0.3) is 0 Å². The monoisotopic (exact) mass is 381 g/mol. The SMILES string of the molecule is [2H]C([2H])[C@@]([2H])(C(=O)N1CCC[C@@]1([2H])C(=O)O)N([2H])[C@@H](CCc1ccccc1)C(=O)OCC. The third-order valence-electron chi connectivity index (χ3n) is 4.24. The van der Waals surface area contributed by atoms with Crippen molar-refractivity contribution in [3.05, 3.63) is 35.9 Å². The van der Waals surface area contributed by atoms with Crippen LogP contribution in [0.15, 0.2) is 30.3 Å². The molecule has 1 amide bonds. The molecule has 7 nitrogen and oxygen atoms in total. The van der Waals surface area contributed by atoms with Gasteiger partial charge in [-0.25, -0.2) is 4.79 Å². The Labute approximate surface area is 166 Å². The van der Waals surface area contributed by atoms with Crippen LogP contribution in [0, 0.1) is 0 Å². The second-order valence-corrected chi connectivity index (χ2v) is 6.12. The fourth-order valence-electron chi connectivity index (χ4n) is 2.90. The van der Waals surface area contributed by atoms with Crippen molar-refractivity contribution in [3.63, 3.8) is 0 Å². The van der Waals surface area contributed by atoms with E-state index in [1.807, 2.05) is 6.07 Å². The fourth-order valence-corrected chi connectivity index (χ4v) is 2.90. The highest BCUT2D eigenvalue weighted by Gasteiger charge is 2.36. The minimum Gasteiger partial charge on any atom is -0.480 e. The molecule has 3 atom stereocenters. The standard InChI is InChI=1S/C20H28N2O5/c1-3-27-20(26)16(12-11-15-8-5-4-6-9-15)21-14(2)18(23)22-13-7-10-17(22)19(24)25/h4-6,8-9,14,16-17,21H,3,7,10-13H2,1-2H3,(H,24,25)/t14-,16-,17-/m0/s1/i2D2,14D,17D/hD. The molecule has 1 fully saturated rings. The van der Waals surface area contributed by atoms with Crippen molar-refractivity contribution >= 4 is 17.8 Å². The average Bonchev–Trinajstić information content (AvgIpc) is 3.16. The number of nitrogens with one attached hydrogen (secondary N) is 1. The summed E-state index contributed by atoms with van der Waals surface area (Å²) in [5.74, 6) is -3.83. The lowest BCUT2D eigenvalue weighted by molar-refractivity contribution is -0.150. The molecule has 0 aliphatic carbocycles. The number of nitrogens with zero attached hydrogens (tertiary/aromatic N) is 1. The van der Waals surface area contributed by atoms with Crippen molar-refractivity contribution in [1.82, 2.24) is 10.2 Å². The number of benzene rings is 1. The Morgan fingerprint density at radius 3 is 2.85 bits per heavy atom. The third kappa shape index (κ3) is 5.79. The highest BCUT2D eigenvalue weighted by Crippen LogP contribution is 2.19. The summed E-state index contributed by atoms with van der Waals surface area (Å²) in [5, 5.41) is 9.71. The Morgan fingerprint density at radius 1 is 1.48 bits per heavy atom. The predicted octanol–water partition coefficient (Wildman–Crippen LogP) is 1.60. The maximum Gasteiger partial charge on any atom is 0.326 e. The summed E-state index contributed by atoms with van der Waals surface area (Å²) in [6.07, 6.45) is 0.271. The maximum atomic E-state index is 13.2. The molecule has 1 aromatic rings. The summed E-state index contributed by atoms with van der Waals surface area (Å²) in [6.45, 7) is -0.883. The molecular weight excluding hydrogens is 348 g/mol. The number of ether oxygens (including phenoxy) is 1. The summed E-state index contributed by atoms with van der Waals surface area (Å²) >= 11 is 0. The molecule has 1 aliphatic rings. The van der Waals surface area contributed by atoms with Crippen LogP contribution in [-0.2, 0) is 25.5 Å². The van der Waals surface area contributed by atoms with Gasteiger partial charge in [-0.05, 0) is 45.0 Å². The first kappa shape index (κ1) is 14.6. The van der Waals surface area contributed by atoms with Gasteiger partial charge in [-0.15, -0.1) is 0 Å². The lowest BCUT2D eigenvalue weighted by atomic mass is 10.0. The van der Waals surface area contributed by atoms with E-state index >= 15 is 0 Å². The van der Waals surface area contributed by atoms with E-state index in [4.69, 9.17) is 11.6 Å². The molecule has 0 bridgehead atoms. The molecule has 1 heterocycles. The fraction of sp³-hybridized carbons (Fsp3) is 0.550. The van der Waals surface area contributed by atoms with Gasteiger partial charge in [0, 0.05) is 9.29 Å². The minimum atomic E-state index is -2.94. The highest BCUT2D eigenvalue weighted by molar-refractivity contribution is 5.88. The lowest BCUT2D eigenvalue weighted by Crippen LogP contribution is -2.53. The van der Waals surface area contributed by atoms with E-state index < -0.39 is 42.8 Å². The summed E-state index contributed by atoms with van der Waals surface area (Å²) in [7, 11) is 0. The Bertz CT molecular complexity index is 830. The molecule has 0 aromatic heterocycles. The quantitative estimate of drug-likeness (QED) is 0.631. The smallest absolute Gasteiger partial charge is 0.326 e. The van der Waals surface area contributed by atoms with Crippen LogP contribution >= 0.6 is 0 Å². The molecule has 1 aromatic carbocycles. The van der Waals surface area contributed by atoms with Gasteiger partial charge in [0.1, 0.15) is 13.5 Å². The van der Waals surface area contributed by atoms with Gasteiger partial charge in [-0.3, -0.25) is 14.9 Å². The van der Waals surface area contributed by atoms with E-state index in [1.54, 1.807) is 31.2 Å². The van der Waals surface area contributed by atoms with Gasteiger partial charge in [-0.2, -0.15) is 0 Å². The van der Waals surface area contributed by atoms with Crippen molar-refractivity contribution in [2.45, 2.75) is 57.6 Å². The Kier molecular flexibility index (Phi) is 5.45. The number of carbonyl (C=O) groups excluding carboxylic acids is 2. The van der Waals surface area contributed by atoms with Crippen LogP contribution < -0.4 is 5.31 Å². The number of hydrogen-bond acceptors (Lipinski definition) is 5. The van der Waals surface area contributed by atoms with Gasteiger partial charge in [0.15, 0.2) is 0 Å². The number of carbonyl (C=O) groups is 3. The topological polar surface area (TPSA) is 95.9 Å². The Hall–Kier alpha value is -2.41. The van der Waals surface area contributed by atoms with Crippen LogP contribution in [0.3, 0.4) is 0 Å². The molecule has 2 rings (SSSR count). The molecule has 1 saturated heterocycles. The highest BCUT2D eigenvalue weighted by atomic mass is 16.5. The van der Waals surface area contributed by atoms with Crippen molar-refractivity contribution in [1.29, 1.82) is 0 Å². The van der Waals surface area contributed by atoms with Crippen LogP contribution in [0.25, 0.3) is 0 Å². The summed E-state index contributed by atoms with van der Waals surface area (Å²) < 4.78 is 45.9. The Morgan fingerprint density at radius 2 is 2.22 bits per heavy atom. The number of likely N-dealkylation sites (tertiary alicyclic amines) is 1. The van der Waals surface area contributed by atoms with Crippen molar-refractivity contribution in [2.24, 2.45) is 0 Å². The number of carboxylic acid groups (broad SMARTS) is 1. The average molecular weight is 381 g/mol. The van der Waals surface area contributed by atoms with Crippen molar-refractivity contribution in [2.75, 3.05) is 13.2 Å². The first-order chi connectivity index (χ1) is 15.0. The van der Waals surface area contributed by atoms with E-state index in [1.165, 1.54) is 0 Å². The summed E-state index contributed by atoms with van der Waals surface area (Å²) in [5.41, 5.74) is 0.834. The molecular formula is C20H28N2O5. The molecule has 0 radical (unpaired) electrons. The number of esters is 1. The first-order valence-corrected chi connectivity index (χ1v) is 8.88. The number of carboxylic acids is 1. The molecule has 0 spiro atoms. The van der Waals surface area contributed by atoms with E-state index in [0.717, 1.165) is 5.56 Å². The zero-order valence-electron chi connectivity index (χ0n) is 20.3.